The van der Waals surface area contributed by atoms with Crippen molar-refractivity contribution in [3.63, 3.8) is 0 Å². The minimum Gasteiger partial charge on any atom is -0.336 e. The Bertz CT molecular complexity index is 870. The number of aryl methyl sites for hydroxylation is 2. The van der Waals surface area contributed by atoms with Crippen molar-refractivity contribution in [2.45, 2.75) is 37.6 Å². The quantitative estimate of drug-likeness (QED) is 0.595. The molecule has 148 valence electrons. The summed E-state index contributed by atoms with van der Waals surface area (Å²) in [6.45, 7) is 5.04. The highest BCUT2D eigenvalue weighted by atomic mass is 32.2. The zero-order valence-electron chi connectivity index (χ0n) is 15.5. The smallest absolute Gasteiger partial charge is 0.292 e. The first-order valence-electron chi connectivity index (χ1n) is 8.98. The standard InChI is InChI=1S/C17H24N4O5S/c1-12-5-6-13(2)17(16(12)21(23)24)27(25,26)19-8-3-4-14(11-19)20-9-7-18-10-15(20)22/h5-6,14,18H,3-4,7-11H2,1-2H3. The fraction of sp³-hybridized carbons (Fsp3) is 0.588. The monoisotopic (exact) mass is 396 g/mol. The van der Waals surface area contributed by atoms with Crippen LogP contribution in [-0.2, 0) is 14.8 Å². The Balaban J connectivity index is 1.95. The molecule has 2 saturated heterocycles. The number of benzene rings is 1. The summed E-state index contributed by atoms with van der Waals surface area (Å²) in [7, 11) is -4.04. The predicted molar refractivity (Wildman–Crippen MR) is 98.9 cm³/mol. The molecule has 0 spiro atoms. The predicted octanol–water partition coefficient (Wildman–Crippen LogP) is 0.797. The van der Waals surface area contributed by atoms with Gasteiger partial charge in [-0.1, -0.05) is 12.1 Å². The van der Waals surface area contributed by atoms with Gasteiger partial charge in [0.05, 0.1) is 11.5 Å². The molecule has 27 heavy (non-hydrogen) atoms. The van der Waals surface area contributed by atoms with E-state index in [-0.39, 0.29) is 35.6 Å². The summed E-state index contributed by atoms with van der Waals surface area (Å²) in [6, 6.07) is 2.95. The van der Waals surface area contributed by atoms with Crippen molar-refractivity contribution in [1.82, 2.24) is 14.5 Å². The molecule has 0 aromatic heterocycles. The summed E-state index contributed by atoms with van der Waals surface area (Å²) in [5.74, 6) is -0.0387. The third kappa shape index (κ3) is 3.69. The van der Waals surface area contributed by atoms with Crippen LogP contribution in [0.15, 0.2) is 17.0 Å². The van der Waals surface area contributed by atoms with Gasteiger partial charge in [0.25, 0.3) is 5.69 Å². The Hall–Kier alpha value is -2.04. The molecule has 2 fully saturated rings. The second-order valence-corrected chi connectivity index (χ2v) is 8.93. The van der Waals surface area contributed by atoms with Crippen LogP contribution in [-0.4, -0.2) is 67.2 Å². The summed E-state index contributed by atoms with van der Waals surface area (Å²) >= 11 is 0. The molecule has 1 unspecified atom stereocenters. The van der Waals surface area contributed by atoms with Crippen molar-refractivity contribution < 1.29 is 18.1 Å². The van der Waals surface area contributed by atoms with Crippen molar-refractivity contribution >= 4 is 21.6 Å². The maximum atomic E-state index is 13.3. The second kappa shape index (κ2) is 7.53. The van der Waals surface area contributed by atoms with Crippen LogP contribution in [0.3, 0.4) is 0 Å². The molecule has 0 saturated carbocycles. The zero-order valence-corrected chi connectivity index (χ0v) is 16.3. The first-order valence-corrected chi connectivity index (χ1v) is 10.4. The van der Waals surface area contributed by atoms with E-state index < -0.39 is 14.9 Å². The minimum absolute atomic E-state index is 0.0387. The topological polar surface area (TPSA) is 113 Å². The summed E-state index contributed by atoms with van der Waals surface area (Å²) in [5.41, 5.74) is 0.304. The van der Waals surface area contributed by atoms with Crippen LogP contribution in [0.2, 0.25) is 0 Å². The van der Waals surface area contributed by atoms with Crippen molar-refractivity contribution in [2.24, 2.45) is 0 Å². The third-order valence-corrected chi connectivity index (χ3v) is 7.28. The van der Waals surface area contributed by atoms with Crippen LogP contribution in [0.4, 0.5) is 5.69 Å². The molecule has 1 N–H and O–H groups in total. The Labute approximate surface area is 158 Å². The highest BCUT2D eigenvalue weighted by molar-refractivity contribution is 7.89. The van der Waals surface area contributed by atoms with Gasteiger partial charge in [-0.05, 0) is 32.3 Å². The van der Waals surface area contributed by atoms with Gasteiger partial charge >= 0.3 is 0 Å². The zero-order chi connectivity index (χ0) is 19.8. The number of nitro groups is 1. The number of hydrogen-bond donors (Lipinski definition) is 1. The maximum absolute atomic E-state index is 13.3. The minimum atomic E-state index is -4.04. The molecule has 0 bridgehead atoms. The van der Waals surface area contributed by atoms with Crippen molar-refractivity contribution in [2.75, 3.05) is 32.7 Å². The van der Waals surface area contributed by atoms with E-state index in [1.54, 1.807) is 24.0 Å². The SMILES string of the molecule is Cc1ccc(C)c(S(=O)(=O)N2CCCC(N3CCNCC3=O)C2)c1[N+](=O)[O-]. The number of piperidine rings is 1. The van der Waals surface area contributed by atoms with Crippen LogP contribution >= 0.6 is 0 Å². The van der Waals surface area contributed by atoms with E-state index in [4.69, 9.17) is 0 Å². The van der Waals surface area contributed by atoms with E-state index in [2.05, 4.69) is 5.32 Å². The fourth-order valence-electron chi connectivity index (χ4n) is 3.85. The van der Waals surface area contributed by atoms with Gasteiger partial charge in [-0.15, -0.1) is 0 Å². The maximum Gasteiger partial charge on any atom is 0.292 e. The molecule has 10 heteroatoms. The lowest BCUT2D eigenvalue weighted by molar-refractivity contribution is -0.388. The van der Waals surface area contributed by atoms with Gasteiger partial charge in [-0.2, -0.15) is 4.31 Å². The summed E-state index contributed by atoms with van der Waals surface area (Å²) in [6.07, 6.45) is 1.34. The van der Waals surface area contributed by atoms with Crippen molar-refractivity contribution in [3.05, 3.63) is 33.4 Å². The molecule has 1 atom stereocenters. The Morgan fingerprint density at radius 2 is 1.93 bits per heavy atom. The van der Waals surface area contributed by atoms with E-state index in [1.807, 2.05) is 0 Å². The normalized spacial score (nSPS) is 22.1. The molecule has 9 nitrogen and oxygen atoms in total. The number of sulfonamides is 1. The van der Waals surface area contributed by atoms with Gasteiger partial charge in [0, 0.05) is 37.8 Å². The van der Waals surface area contributed by atoms with Gasteiger partial charge < -0.3 is 10.2 Å². The van der Waals surface area contributed by atoms with Crippen LogP contribution in [0.5, 0.6) is 0 Å². The lowest BCUT2D eigenvalue weighted by atomic mass is 10.1. The van der Waals surface area contributed by atoms with Crippen molar-refractivity contribution in [1.29, 1.82) is 0 Å². The van der Waals surface area contributed by atoms with E-state index >= 15 is 0 Å². The van der Waals surface area contributed by atoms with E-state index in [9.17, 15) is 23.3 Å². The lowest BCUT2D eigenvalue weighted by Gasteiger charge is -2.40. The fourth-order valence-corrected chi connectivity index (χ4v) is 5.80. The van der Waals surface area contributed by atoms with Gasteiger partial charge in [0.15, 0.2) is 4.90 Å². The molecule has 0 radical (unpaired) electrons. The molecule has 3 rings (SSSR count). The number of rotatable bonds is 4. The van der Waals surface area contributed by atoms with Crippen LogP contribution in [0.1, 0.15) is 24.0 Å². The van der Waals surface area contributed by atoms with Gasteiger partial charge in [0.1, 0.15) is 0 Å². The van der Waals surface area contributed by atoms with E-state index in [1.165, 1.54) is 11.2 Å². The number of nitrogens with zero attached hydrogens (tertiary/aromatic N) is 3. The average Bonchev–Trinajstić information content (AvgIpc) is 2.63. The number of carbonyl (C=O) groups excluding carboxylic acids is 1. The van der Waals surface area contributed by atoms with Gasteiger partial charge in [-0.3, -0.25) is 14.9 Å². The largest absolute Gasteiger partial charge is 0.336 e. The summed E-state index contributed by atoms with van der Waals surface area (Å²) in [5, 5.41) is 14.5. The number of hydrogen-bond acceptors (Lipinski definition) is 6. The Morgan fingerprint density at radius 3 is 2.59 bits per heavy atom. The van der Waals surface area contributed by atoms with Crippen molar-refractivity contribution in [3.8, 4) is 0 Å². The first-order chi connectivity index (χ1) is 12.7. The van der Waals surface area contributed by atoms with Gasteiger partial charge in [0.2, 0.25) is 15.9 Å². The van der Waals surface area contributed by atoms with Crippen LogP contribution in [0.25, 0.3) is 0 Å². The second-order valence-electron chi connectivity index (χ2n) is 7.06. The van der Waals surface area contributed by atoms with Crippen LogP contribution in [0, 0.1) is 24.0 Å². The molecule has 1 aromatic carbocycles. The summed E-state index contributed by atoms with van der Waals surface area (Å²) < 4.78 is 27.9. The Morgan fingerprint density at radius 1 is 1.22 bits per heavy atom. The first kappa shape index (κ1) is 19.7. The molecule has 2 aliphatic heterocycles. The number of amides is 1. The number of carbonyl (C=O) groups is 1. The highest BCUT2D eigenvalue weighted by Gasteiger charge is 2.39. The van der Waals surface area contributed by atoms with E-state index in [0.717, 1.165) is 6.42 Å². The molecule has 1 amide bonds. The summed E-state index contributed by atoms with van der Waals surface area (Å²) in [4.78, 5) is 24.6. The number of nitrogens with one attached hydrogen (secondary N) is 1. The van der Waals surface area contributed by atoms with Crippen LogP contribution < -0.4 is 5.32 Å². The Kier molecular flexibility index (Phi) is 5.50. The number of nitro benzene ring substituents is 1. The van der Waals surface area contributed by atoms with Gasteiger partial charge in [-0.25, -0.2) is 8.42 Å². The highest BCUT2D eigenvalue weighted by Crippen LogP contribution is 2.34. The molecular formula is C17H24N4O5S. The molecule has 0 aliphatic carbocycles. The van der Waals surface area contributed by atoms with E-state index in [0.29, 0.717) is 37.2 Å². The third-order valence-electron chi connectivity index (χ3n) is 5.24. The lowest BCUT2D eigenvalue weighted by Crippen LogP contribution is -2.57. The molecule has 2 aliphatic rings. The number of piperazine rings is 1. The molecule has 1 aromatic rings. The average molecular weight is 396 g/mol. The molecular weight excluding hydrogens is 372 g/mol. The molecule has 2 heterocycles.